The maximum absolute atomic E-state index is 12.6. The van der Waals surface area contributed by atoms with Crippen molar-refractivity contribution in [2.75, 3.05) is 24.7 Å². The number of amides is 1. The fraction of sp³-hybridized carbons (Fsp3) is 0.438. The Morgan fingerprint density at radius 1 is 1.20 bits per heavy atom. The number of hydrogen-bond donors (Lipinski definition) is 0. The predicted octanol–water partition coefficient (Wildman–Crippen LogP) is 2.50. The van der Waals surface area contributed by atoms with Gasteiger partial charge in [-0.25, -0.2) is 0 Å². The van der Waals surface area contributed by atoms with Gasteiger partial charge in [-0.1, -0.05) is 18.2 Å². The Labute approximate surface area is 119 Å². The Morgan fingerprint density at radius 3 is 2.60 bits per heavy atom. The molecular formula is C16H19NO3. The SMILES string of the molecule is CC1(/C=C2\CCCN(c3ccccc3)C2=O)OCCO1. The summed E-state index contributed by atoms with van der Waals surface area (Å²) in [6.07, 6.45) is 3.59. The number of carbonyl (C=O) groups excluding carboxylic acids is 1. The Hall–Kier alpha value is -1.65. The average Bonchev–Trinajstić information content (AvgIpc) is 2.89. The molecule has 2 heterocycles. The van der Waals surface area contributed by atoms with E-state index in [1.807, 2.05) is 48.2 Å². The van der Waals surface area contributed by atoms with Gasteiger partial charge in [0.25, 0.3) is 5.91 Å². The van der Waals surface area contributed by atoms with E-state index in [2.05, 4.69) is 0 Å². The molecule has 1 amide bonds. The molecule has 2 saturated heterocycles. The predicted molar refractivity (Wildman–Crippen MR) is 76.4 cm³/mol. The first-order valence-corrected chi connectivity index (χ1v) is 7.04. The third kappa shape index (κ3) is 2.62. The summed E-state index contributed by atoms with van der Waals surface area (Å²) in [6, 6.07) is 9.78. The topological polar surface area (TPSA) is 38.8 Å². The summed E-state index contributed by atoms with van der Waals surface area (Å²) in [5, 5.41) is 0. The molecule has 4 heteroatoms. The van der Waals surface area contributed by atoms with Crippen molar-refractivity contribution in [1.82, 2.24) is 0 Å². The third-order valence-electron chi connectivity index (χ3n) is 3.71. The Balaban J connectivity index is 1.84. The smallest absolute Gasteiger partial charge is 0.254 e. The summed E-state index contributed by atoms with van der Waals surface area (Å²) in [4.78, 5) is 14.4. The highest BCUT2D eigenvalue weighted by molar-refractivity contribution is 6.06. The van der Waals surface area contributed by atoms with Crippen LogP contribution in [0.3, 0.4) is 0 Å². The number of para-hydroxylation sites is 1. The largest absolute Gasteiger partial charge is 0.344 e. The van der Waals surface area contributed by atoms with E-state index >= 15 is 0 Å². The van der Waals surface area contributed by atoms with Crippen molar-refractivity contribution in [1.29, 1.82) is 0 Å². The molecular weight excluding hydrogens is 254 g/mol. The van der Waals surface area contributed by atoms with Crippen molar-refractivity contribution < 1.29 is 14.3 Å². The lowest BCUT2D eigenvalue weighted by molar-refractivity contribution is -0.117. The van der Waals surface area contributed by atoms with Crippen LogP contribution in [0.2, 0.25) is 0 Å². The van der Waals surface area contributed by atoms with Gasteiger partial charge >= 0.3 is 0 Å². The molecule has 2 aliphatic rings. The monoisotopic (exact) mass is 273 g/mol. The van der Waals surface area contributed by atoms with Crippen LogP contribution in [0.4, 0.5) is 5.69 Å². The van der Waals surface area contributed by atoms with Gasteiger partial charge < -0.3 is 14.4 Å². The van der Waals surface area contributed by atoms with E-state index < -0.39 is 5.79 Å². The summed E-state index contributed by atoms with van der Waals surface area (Å²) in [7, 11) is 0. The molecule has 0 aromatic heterocycles. The van der Waals surface area contributed by atoms with Crippen LogP contribution in [-0.4, -0.2) is 31.5 Å². The second kappa shape index (κ2) is 5.38. The quantitative estimate of drug-likeness (QED) is 0.777. The highest BCUT2D eigenvalue weighted by Gasteiger charge is 2.32. The summed E-state index contributed by atoms with van der Waals surface area (Å²) in [6.45, 7) is 3.79. The molecule has 0 saturated carbocycles. The highest BCUT2D eigenvalue weighted by atomic mass is 16.7. The van der Waals surface area contributed by atoms with E-state index in [0.717, 1.165) is 30.6 Å². The molecule has 2 fully saturated rings. The second-order valence-electron chi connectivity index (χ2n) is 5.28. The summed E-state index contributed by atoms with van der Waals surface area (Å²) in [5.74, 6) is -0.687. The second-order valence-corrected chi connectivity index (χ2v) is 5.28. The molecule has 4 nitrogen and oxygen atoms in total. The van der Waals surface area contributed by atoms with Gasteiger partial charge in [-0.3, -0.25) is 4.79 Å². The van der Waals surface area contributed by atoms with Gasteiger partial charge in [0.1, 0.15) is 0 Å². The van der Waals surface area contributed by atoms with Gasteiger partial charge in [0, 0.05) is 17.8 Å². The first-order chi connectivity index (χ1) is 9.68. The zero-order chi connectivity index (χ0) is 14.0. The number of nitrogens with zero attached hydrogens (tertiary/aromatic N) is 1. The van der Waals surface area contributed by atoms with E-state index in [9.17, 15) is 4.79 Å². The standard InChI is InChI=1S/C16H19NO3/c1-16(19-10-11-20-16)12-13-6-5-9-17(15(13)18)14-7-3-2-4-8-14/h2-4,7-8,12H,5-6,9-11H2,1H3/b13-12+. The molecule has 3 rings (SSSR count). The van der Waals surface area contributed by atoms with Gasteiger partial charge in [-0.05, 0) is 38.0 Å². The third-order valence-corrected chi connectivity index (χ3v) is 3.71. The lowest BCUT2D eigenvalue weighted by Crippen LogP contribution is -2.38. The summed E-state index contributed by atoms with van der Waals surface area (Å²) in [5.41, 5.74) is 1.73. The van der Waals surface area contributed by atoms with E-state index in [1.165, 1.54) is 0 Å². The highest BCUT2D eigenvalue weighted by Crippen LogP contribution is 2.28. The van der Waals surface area contributed by atoms with Crippen LogP contribution in [0, 0.1) is 0 Å². The van der Waals surface area contributed by atoms with Crippen LogP contribution in [0.25, 0.3) is 0 Å². The normalized spacial score (nSPS) is 24.4. The van der Waals surface area contributed by atoms with E-state index in [1.54, 1.807) is 0 Å². The molecule has 0 unspecified atom stereocenters. The van der Waals surface area contributed by atoms with Gasteiger partial charge in [0.2, 0.25) is 0 Å². The lowest BCUT2D eigenvalue weighted by atomic mass is 10.0. The molecule has 2 aliphatic heterocycles. The molecule has 0 N–H and O–H groups in total. The molecule has 0 radical (unpaired) electrons. The number of piperidine rings is 1. The molecule has 0 aliphatic carbocycles. The van der Waals surface area contributed by atoms with Crippen LogP contribution in [0.1, 0.15) is 19.8 Å². The minimum atomic E-state index is -0.745. The van der Waals surface area contributed by atoms with Gasteiger partial charge in [-0.2, -0.15) is 0 Å². The molecule has 20 heavy (non-hydrogen) atoms. The van der Waals surface area contributed by atoms with Crippen LogP contribution in [0.15, 0.2) is 42.0 Å². The minimum absolute atomic E-state index is 0.0581. The number of rotatable bonds is 2. The van der Waals surface area contributed by atoms with Crippen molar-refractivity contribution in [2.24, 2.45) is 0 Å². The number of ether oxygens (including phenoxy) is 2. The summed E-state index contributed by atoms with van der Waals surface area (Å²) >= 11 is 0. The maximum atomic E-state index is 12.6. The number of anilines is 1. The van der Waals surface area contributed by atoms with Gasteiger partial charge in [0.15, 0.2) is 5.79 Å². The molecule has 0 atom stereocenters. The number of hydrogen-bond acceptors (Lipinski definition) is 3. The number of carbonyl (C=O) groups is 1. The lowest BCUT2D eigenvalue weighted by Gasteiger charge is -2.30. The van der Waals surface area contributed by atoms with Crippen molar-refractivity contribution in [3.63, 3.8) is 0 Å². The van der Waals surface area contributed by atoms with E-state index in [-0.39, 0.29) is 5.91 Å². The van der Waals surface area contributed by atoms with Crippen molar-refractivity contribution in [2.45, 2.75) is 25.6 Å². The van der Waals surface area contributed by atoms with E-state index in [0.29, 0.717) is 13.2 Å². The van der Waals surface area contributed by atoms with Crippen LogP contribution < -0.4 is 4.90 Å². The van der Waals surface area contributed by atoms with Crippen molar-refractivity contribution in [3.8, 4) is 0 Å². The van der Waals surface area contributed by atoms with Crippen molar-refractivity contribution >= 4 is 11.6 Å². The zero-order valence-corrected chi connectivity index (χ0v) is 11.7. The first-order valence-electron chi connectivity index (χ1n) is 7.04. The Morgan fingerprint density at radius 2 is 1.90 bits per heavy atom. The van der Waals surface area contributed by atoms with Crippen LogP contribution >= 0.6 is 0 Å². The Kier molecular flexibility index (Phi) is 3.59. The molecule has 0 spiro atoms. The van der Waals surface area contributed by atoms with Crippen LogP contribution in [-0.2, 0) is 14.3 Å². The zero-order valence-electron chi connectivity index (χ0n) is 11.7. The molecule has 106 valence electrons. The molecule has 1 aromatic rings. The van der Waals surface area contributed by atoms with Gasteiger partial charge in [0.05, 0.1) is 13.2 Å². The minimum Gasteiger partial charge on any atom is -0.344 e. The average molecular weight is 273 g/mol. The Bertz CT molecular complexity index is 518. The van der Waals surface area contributed by atoms with Gasteiger partial charge in [-0.15, -0.1) is 0 Å². The molecule has 0 bridgehead atoms. The molecule has 1 aromatic carbocycles. The fourth-order valence-corrected chi connectivity index (χ4v) is 2.73. The van der Waals surface area contributed by atoms with E-state index in [4.69, 9.17) is 9.47 Å². The maximum Gasteiger partial charge on any atom is 0.254 e. The summed E-state index contributed by atoms with van der Waals surface area (Å²) < 4.78 is 11.1. The van der Waals surface area contributed by atoms with Crippen LogP contribution in [0.5, 0.6) is 0 Å². The fourth-order valence-electron chi connectivity index (χ4n) is 2.73. The number of benzene rings is 1. The first kappa shape index (κ1) is 13.3. The van der Waals surface area contributed by atoms with Crippen molar-refractivity contribution in [3.05, 3.63) is 42.0 Å².